The Morgan fingerprint density at radius 1 is 1.11 bits per heavy atom. The van der Waals surface area contributed by atoms with Crippen LogP contribution < -0.4 is 10.6 Å². The lowest BCUT2D eigenvalue weighted by Gasteiger charge is -2.17. The van der Waals surface area contributed by atoms with Gasteiger partial charge in [0.15, 0.2) is 5.82 Å². The normalized spacial score (nSPS) is 16.4. The van der Waals surface area contributed by atoms with E-state index >= 15 is 0 Å². The van der Waals surface area contributed by atoms with Crippen molar-refractivity contribution in [3.63, 3.8) is 0 Å². The highest BCUT2D eigenvalue weighted by Crippen LogP contribution is 2.30. The van der Waals surface area contributed by atoms with E-state index < -0.39 is 10.0 Å². The van der Waals surface area contributed by atoms with E-state index in [1.165, 1.54) is 12.4 Å². The lowest BCUT2D eigenvalue weighted by molar-refractivity contribution is 0.0807. The van der Waals surface area contributed by atoms with Crippen molar-refractivity contribution in [2.75, 3.05) is 23.8 Å². The van der Waals surface area contributed by atoms with Gasteiger partial charge in [-0.15, -0.1) is 0 Å². The maximum absolute atomic E-state index is 12.4. The first-order valence-corrected chi connectivity index (χ1v) is 13.6. The van der Waals surface area contributed by atoms with Crippen LogP contribution in [0.25, 0.3) is 11.4 Å². The van der Waals surface area contributed by atoms with Crippen LogP contribution in [0.3, 0.4) is 0 Å². The van der Waals surface area contributed by atoms with Gasteiger partial charge >= 0.3 is 0 Å². The molecule has 10 nitrogen and oxygen atoms in total. The Kier molecular flexibility index (Phi) is 6.89. The second-order valence-corrected chi connectivity index (χ2v) is 11.4. The van der Waals surface area contributed by atoms with Gasteiger partial charge in [0.05, 0.1) is 34.5 Å². The van der Waals surface area contributed by atoms with Crippen molar-refractivity contribution in [2.24, 2.45) is 5.92 Å². The molecule has 3 aromatic rings. The van der Waals surface area contributed by atoms with Crippen LogP contribution in [0.4, 0.5) is 17.3 Å². The molecular formula is C25H29N7O3S. The SMILES string of the molecule is CC(C)Nc1cc(Nc2ccnc(-c3cnn(S(=O)(=O)C4CC4)c3)n2)ncc1C#CC1CCOCC1. The van der Waals surface area contributed by atoms with Gasteiger partial charge in [-0.2, -0.15) is 9.19 Å². The fourth-order valence-corrected chi connectivity index (χ4v) is 5.33. The standard InChI is InChI=1S/C25H29N7O3S/c1-17(2)29-22-13-24(27-14-19(22)4-3-18-8-11-35-12-9-18)30-23-7-10-26-25(31-23)20-15-28-32(16-20)36(33,34)21-5-6-21/h7,10,13-18,21H,5-6,8-9,11-12H2,1-2H3,(H2,26,27,29,30,31). The number of nitrogens with zero attached hydrogens (tertiary/aromatic N) is 5. The van der Waals surface area contributed by atoms with Crippen molar-refractivity contribution in [1.29, 1.82) is 0 Å². The zero-order valence-corrected chi connectivity index (χ0v) is 21.1. The summed E-state index contributed by atoms with van der Waals surface area (Å²) in [5.74, 6) is 8.51. The highest BCUT2D eigenvalue weighted by molar-refractivity contribution is 7.90. The van der Waals surface area contributed by atoms with Crippen LogP contribution in [-0.2, 0) is 14.8 Å². The van der Waals surface area contributed by atoms with Gasteiger partial charge in [0, 0.05) is 43.6 Å². The molecule has 2 N–H and O–H groups in total. The summed E-state index contributed by atoms with van der Waals surface area (Å²) in [6.45, 7) is 5.66. The molecule has 1 aliphatic heterocycles. The van der Waals surface area contributed by atoms with Gasteiger partial charge in [0.25, 0.3) is 10.0 Å². The smallest absolute Gasteiger partial charge is 0.256 e. The molecule has 0 atom stereocenters. The largest absolute Gasteiger partial charge is 0.382 e. The molecular weight excluding hydrogens is 478 g/mol. The van der Waals surface area contributed by atoms with Gasteiger partial charge in [0.2, 0.25) is 0 Å². The summed E-state index contributed by atoms with van der Waals surface area (Å²) in [6, 6.07) is 3.86. The lowest BCUT2D eigenvalue weighted by Crippen LogP contribution is -2.17. The van der Waals surface area contributed by atoms with Gasteiger partial charge in [-0.05, 0) is 45.6 Å². The highest BCUT2D eigenvalue weighted by Gasteiger charge is 2.37. The van der Waals surface area contributed by atoms with Crippen LogP contribution in [0.1, 0.15) is 45.1 Å². The van der Waals surface area contributed by atoms with Gasteiger partial charge in [-0.3, -0.25) is 0 Å². The Bertz CT molecular complexity index is 1400. The molecule has 1 aliphatic carbocycles. The number of pyridine rings is 1. The summed E-state index contributed by atoms with van der Waals surface area (Å²) in [6.07, 6.45) is 9.55. The van der Waals surface area contributed by atoms with E-state index in [4.69, 9.17) is 4.74 Å². The third kappa shape index (κ3) is 5.66. The predicted octanol–water partition coefficient (Wildman–Crippen LogP) is 3.42. The van der Waals surface area contributed by atoms with Crippen LogP contribution in [-0.4, -0.2) is 57.1 Å². The van der Waals surface area contributed by atoms with Crippen molar-refractivity contribution in [2.45, 2.75) is 50.8 Å². The zero-order chi connectivity index (χ0) is 25.1. The molecule has 11 heteroatoms. The molecule has 2 aliphatic rings. The quantitative estimate of drug-likeness (QED) is 0.463. The molecule has 5 rings (SSSR count). The van der Waals surface area contributed by atoms with Crippen molar-refractivity contribution in [3.8, 4) is 23.2 Å². The number of aromatic nitrogens is 5. The Labute approximate surface area is 211 Å². The molecule has 0 amide bonds. The maximum Gasteiger partial charge on any atom is 0.256 e. The van der Waals surface area contributed by atoms with E-state index in [0.717, 1.165) is 41.4 Å². The second-order valence-electron chi connectivity index (χ2n) is 9.31. The fraction of sp³-hybridized carbons (Fsp3) is 0.440. The highest BCUT2D eigenvalue weighted by atomic mass is 32.2. The lowest BCUT2D eigenvalue weighted by atomic mass is 10.0. The van der Waals surface area contributed by atoms with E-state index in [0.29, 0.717) is 41.8 Å². The summed E-state index contributed by atoms with van der Waals surface area (Å²) in [7, 11) is -3.44. The van der Waals surface area contributed by atoms with Crippen molar-refractivity contribution in [3.05, 3.63) is 42.5 Å². The molecule has 3 aromatic heterocycles. The Hall–Kier alpha value is -3.49. The van der Waals surface area contributed by atoms with E-state index in [2.05, 4.69) is 56.4 Å². The first-order chi connectivity index (χ1) is 17.4. The molecule has 36 heavy (non-hydrogen) atoms. The van der Waals surface area contributed by atoms with Crippen LogP contribution in [0, 0.1) is 17.8 Å². The molecule has 0 bridgehead atoms. The first-order valence-electron chi connectivity index (χ1n) is 12.1. The Balaban J connectivity index is 1.35. The number of anilines is 3. The van der Waals surface area contributed by atoms with Crippen LogP contribution in [0.2, 0.25) is 0 Å². The summed E-state index contributed by atoms with van der Waals surface area (Å²) in [5, 5.41) is 10.3. The third-order valence-corrected chi connectivity index (χ3v) is 7.95. The van der Waals surface area contributed by atoms with Gasteiger partial charge in [-0.25, -0.2) is 23.4 Å². The number of ether oxygens (including phenoxy) is 1. The molecule has 2 fully saturated rings. The summed E-state index contributed by atoms with van der Waals surface area (Å²) in [4.78, 5) is 13.4. The van der Waals surface area contributed by atoms with E-state index in [-0.39, 0.29) is 11.3 Å². The first kappa shape index (κ1) is 24.2. The molecule has 0 spiro atoms. The average molecular weight is 508 g/mol. The fourth-order valence-electron chi connectivity index (χ4n) is 3.85. The minimum absolute atomic E-state index is 0.220. The third-order valence-electron chi connectivity index (χ3n) is 5.92. The average Bonchev–Trinajstić information content (AvgIpc) is 3.61. The second kappa shape index (κ2) is 10.2. The van der Waals surface area contributed by atoms with E-state index in [1.54, 1.807) is 18.5 Å². The van der Waals surface area contributed by atoms with Gasteiger partial charge < -0.3 is 15.4 Å². The van der Waals surface area contributed by atoms with Gasteiger partial charge in [0.1, 0.15) is 11.6 Å². The molecule has 4 heterocycles. The monoisotopic (exact) mass is 507 g/mol. The predicted molar refractivity (Wildman–Crippen MR) is 137 cm³/mol. The van der Waals surface area contributed by atoms with Crippen molar-refractivity contribution >= 4 is 27.3 Å². The van der Waals surface area contributed by atoms with Crippen LogP contribution in [0.15, 0.2) is 36.9 Å². The number of hydrogen-bond acceptors (Lipinski definition) is 9. The Morgan fingerprint density at radius 3 is 2.67 bits per heavy atom. The van der Waals surface area contributed by atoms with Crippen LogP contribution >= 0.6 is 0 Å². The minimum Gasteiger partial charge on any atom is -0.382 e. The van der Waals surface area contributed by atoms with E-state index in [9.17, 15) is 8.42 Å². The topological polar surface area (TPSA) is 124 Å². The number of nitrogens with one attached hydrogen (secondary N) is 2. The molecule has 1 saturated heterocycles. The van der Waals surface area contributed by atoms with Crippen molar-refractivity contribution < 1.29 is 13.2 Å². The van der Waals surface area contributed by atoms with E-state index in [1.807, 2.05) is 6.07 Å². The number of hydrogen-bond donors (Lipinski definition) is 2. The maximum atomic E-state index is 12.4. The molecule has 0 unspecified atom stereocenters. The molecule has 188 valence electrons. The summed E-state index contributed by atoms with van der Waals surface area (Å²) in [5.41, 5.74) is 2.26. The summed E-state index contributed by atoms with van der Waals surface area (Å²) < 4.78 is 31.3. The zero-order valence-electron chi connectivity index (χ0n) is 20.3. The van der Waals surface area contributed by atoms with Gasteiger partial charge in [-0.1, -0.05) is 11.8 Å². The van der Waals surface area contributed by atoms with Crippen molar-refractivity contribution in [1.82, 2.24) is 24.1 Å². The molecule has 1 saturated carbocycles. The Morgan fingerprint density at radius 2 is 1.92 bits per heavy atom. The number of rotatable bonds is 7. The summed E-state index contributed by atoms with van der Waals surface area (Å²) >= 11 is 0. The molecule has 0 aromatic carbocycles. The minimum atomic E-state index is -3.44. The van der Waals surface area contributed by atoms with Crippen LogP contribution in [0.5, 0.6) is 0 Å². The molecule has 0 radical (unpaired) electrons.